The molecule has 0 saturated carbocycles. The Morgan fingerprint density at radius 1 is 1.53 bits per heavy atom. The maximum Gasteiger partial charge on any atom is 0.350 e. The number of nitrogens with one attached hydrogen (secondary N) is 1. The van der Waals surface area contributed by atoms with Gasteiger partial charge in [0.05, 0.1) is 0 Å². The molecule has 1 heterocycles. The maximum atomic E-state index is 12.3. The minimum absolute atomic E-state index is 0.0125. The fraction of sp³-hybridized carbons (Fsp3) is 1.00. The van der Waals surface area contributed by atoms with Crippen molar-refractivity contribution >= 4 is 10.0 Å². The average molecular weight is 242 g/mol. The second-order valence-electron chi connectivity index (χ2n) is 3.55. The van der Waals surface area contributed by atoms with Crippen molar-refractivity contribution in [2.75, 3.05) is 19.6 Å². The Balaban J connectivity index is 2.62. The first kappa shape index (κ1) is 12.8. The molecule has 0 radical (unpaired) electrons. The quantitative estimate of drug-likeness (QED) is 0.768. The highest BCUT2D eigenvalue weighted by Gasteiger charge is 2.32. The van der Waals surface area contributed by atoms with Gasteiger partial charge in [0.25, 0.3) is 10.0 Å². The van der Waals surface area contributed by atoms with E-state index < -0.39 is 15.8 Å². The van der Waals surface area contributed by atoms with Gasteiger partial charge in [0.1, 0.15) is 0 Å². The second-order valence-corrected chi connectivity index (χ2v) is 5.45. The molecule has 1 aliphatic heterocycles. The van der Waals surface area contributed by atoms with Crippen LogP contribution in [0.15, 0.2) is 0 Å². The number of alkyl halides is 2. The number of nitrogens with zero attached hydrogens (tertiary/aromatic N) is 1. The predicted molar refractivity (Wildman–Crippen MR) is 53.2 cm³/mol. The summed E-state index contributed by atoms with van der Waals surface area (Å²) in [6, 6.07) is 0.0125. The third-order valence-electron chi connectivity index (χ3n) is 2.52. The van der Waals surface area contributed by atoms with Gasteiger partial charge in [-0.25, -0.2) is 8.42 Å². The van der Waals surface area contributed by atoms with Crippen LogP contribution in [-0.4, -0.2) is 44.2 Å². The lowest BCUT2D eigenvalue weighted by molar-refractivity contribution is 0.217. The van der Waals surface area contributed by atoms with Gasteiger partial charge in [-0.3, -0.25) is 0 Å². The monoisotopic (exact) mass is 242 g/mol. The van der Waals surface area contributed by atoms with E-state index in [0.29, 0.717) is 0 Å². The predicted octanol–water partition coefficient (Wildman–Crippen LogP) is 0.613. The molecule has 4 nitrogen and oxygen atoms in total. The second kappa shape index (κ2) is 5.18. The molecule has 1 N–H and O–H groups in total. The summed E-state index contributed by atoms with van der Waals surface area (Å²) < 4.78 is 47.8. The molecule has 1 rings (SSSR count). The Morgan fingerprint density at radius 3 is 2.60 bits per heavy atom. The average Bonchev–Trinajstić information content (AvgIpc) is 2.65. The molecule has 1 aliphatic rings. The number of rotatable bonds is 5. The van der Waals surface area contributed by atoms with Crippen molar-refractivity contribution < 1.29 is 17.2 Å². The SMILES string of the molecule is CCN(CC1CCCN1)S(=O)(=O)C(F)F. The molecule has 0 aliphatic carbocycles. The van der Waals surface area contributed by atoms with Crippen LogP contribution in [0.2, 0.25) is 0 Å². The molecular weight excluding hydrogens is 226 g/mol. The zero-order valence-electron chi connectivity index (χ0n) is 8.62. The molecule has 1 atom stereocenters. The van der Waals surface area contributed by atoms with Crippen LogP contribution in [0.25, 0.3) is 0 Å². The summed E-state index contributed by atoms with van der Waals surface area (Å²) in [4.78, 5) is 0. The van der Waals surface area contributed by atoms with E-state index in [0.717, 1.165) is 23.7 Å². The Morgan fingerprint density at radius 2 is 2.20 bits per heavy atom. The van der Waals surface area contributed by atoms with Crippen LogP contribution in [-0.2, 0) is 10.0 Å². The van der Waals surface area contributed by atoms with E-state index in [9.17, 15) is 17.2 Å². The lowest BCUT2D eigenvalue weighted by Gasteiger charge is -2.23. The van der Waals surface area contributed by atoms with Crippen LogP contribution >= 0.6 is 0 Å². The van der Waals surface area contributed by atoms with E-state index in [-0.39, 0.29) is 19.1 Å². The van der Waals surface area contributed by atoms with Crippen molar-refractivity contribution in [3.63, 3.8) is 0 Å². The maximum absolute atomic E-state index is 12.3. The molecule has 1 fully saturated rings. The van der Waals surface area contributed by atoms with Crippen LogP contribution in [0.4, 0.5) is 8.78 Å². The summed E-state index contributed by atoms with van der Waals surface area (Å²) >= 11 is 0. The number of likely N-dealkylation sites (N-methyl/N-ethyl adjacent to an activating group) is 1. The van der Waals surface area contributed by atoms with Gasteiger partial charge in [-0.15, -0.1) is 0 Å². The molecular formula is C8H16F2N2O2S. The number of halogens is 2. The number of hydrogen-bond acceptors (Lipinski definition) is 3. The molecule has 0 aromatic carbocycles. The normalized spacial score (nSPS) is 22.9. The molecule has 0 aromatic rings. The molecule has 90 valence electrons. The van der Waals surface area contributed by atoms with E-state index in [1.807, 2.05) is 0 Å². The minimum atomic E-state index is -4.42. The van der Waals surface area contributed by atoms with Crippen LogP contribution in [0, 0.1) is 0 Å². The van der Waals surface area contributed by atoms with Crippen molar-refractivity contribution in [2.24, 2.45) is 0 Å². The van der Waals surface area contributed by atoms with Gasteiger partial charge in [-0.1, -0.05) is 6.92 Å². The van der Waals surface area contributed by atoms with Gasteiger partial charge in [0.2, 0.25) is 0 Å². The van der Waals surface area contributed by atoms with Crippen LogP contribution in [0.5, 0.6) is 0 Å². The zero-order valence-corrected chi connectivity index (χ0v) is 9.43. The van der Waals surface area contributed by atoms with Crippen molar-refractivity contribution in [3.05, 3.63) is 0 Å². The molecule has 1 saturated heterocycles. The molecule has 0 bridgehead atoms. The van der Waals surface area contributed by atoms with Gasteiger partial charge in [0, 0.05) is 19.1 Å². The molecule has 0 aromatic heterocycles. The third-order valence-corrected chi connectivity index (χ3v) is 4.10. The van der Waals surface area contributed by atoms with Crippen molar-refractivity contribution in [1.29, 1.82) is 0 Å². The molecule has 1 unspecified atom stereocenters. The topological polar surface area (TPSA) is 49.4 Å². The lowest BCUT2D eigenvalue weighted by atomic mass is 10.2. The van der Waals surface area contributed by atoms with Gasteiger partial charge < -0.3 is 5.32 Å². The molecule has 7 heteroatoms. The van der Waals surface area contributed by atoms with E-state index in [1.54, 1.807) is 6.92 Å². The Kier molecular flexibility index (Phi) is 4.42. The standard InChI is InChI=1S/C8H16F2N2O2S/c1-2-12(15(13,14)8(9)10)6-7-4-3-5-11-7/h7-8,11H,2-6H2,1H3. The van der Waals surface area contributed by atoms with E-state index in [1.165, 1.54) is 0 Å². The number of sulfonamides is 1. The fourth-order valence-electron chi connectivity index (χ4n) is 1.68. The summed E-state index contributed by atoms with van der Waals surface area (Å²) in [6.45, 7) is 2.62. The molecule has 0 amide bonds. The highest BCUT2D eigenvalue weighted by atomic mass is 32.2. The van der Waals surface area contributed by atoms with E-state index in [2.05, 4.69) is 5.32 Å². The first-order valence-electron chi connectivity index (χ1n) is 4.99. The van der Waals surface area contributed by atoms with Crippen molar-refractivity contribution in [1.82, 2.24) is 9.62 Å². The first-order valence-corrected chi connectivity index (χ1v) is 6.49. The van der Waals surface area contributed by atoms with Crippen LogP contribution in [0.1, 0.15) is 19.8 Å². The smallest absolute Gasteiger partial charge is 0.313 e. The largest absolute Gasteiger partial charge is 0.350 e. The summed E-state index contributed by atoms with van der Waals surface area (Å²) in [5.41, 5.74) is 0. The lowest BCUT2D eigenvalue weighted by Crippen LogP contribution is -2.43. The van der Waals surface area contributed by atoms with Gasteiger partial charge in [-0.2, -0.15) is 13.1 Å². The minimum Gasteiger partial charge on any atom is -0.313 e. The Hall–Kier alpha value is -0.270. The van der Waals surface area contributed by atoms with Crippen LogP contribution < -0.4 is 5.32 Å². The summed E-state index contributed by atoms with van der Waals surface area (Å²) in [7, 11) is -4.42. The van der Waals surface area contributed by atoms with Gasteiger partial charge in [-0.05, 0) is 19.4 Å². The molecule has 0 spiro atoms. The highest BCUT2D eigenvalue weighted by molar-refractivity contribution is 7.89. The summed E-state index contributed by atoms with van der Waals surface area (Å²) in [5, 5.41) is 3.08. The third kappa shape index (κ3) is 3.09. The fourth-order valence-corrected chi connectivity index (χ4v) is 2.66. The summed E-state index contributed by atoms with van der Waals surface area (Å²) in [6.07, 6.45) is 1.81. The van der Waals surface area contributed by atoms with Crippen molar-refractivity contribution in [2.45, 2.75) is 31.6 Å². The Labute approximate surface area is 88.7 Å². The van der Waals surface area contributed by atoms with Gasteiger partial charge >= 0.3 is 5.76 Å². The first-order chi connectivity index (χ1) is 6.98. The van der Waals surface area contributed by atoms with Crippen LogP contribution in [0.3, 0.4) is 0 Å². The van der Waals surface area contributed by atoms with E-state index >= 15 is 0 Å². The molecule has 15 heavy (non-hydrogen) atoms. The van der Waals surface area contributed by atoms with Crippen molar-refractivity contribution in [3.8, 4) is 0 Å². The van der Waals surface area contributed by atoms with Gasteiger partial charge in [0.15, 0.2) is 0 Å². The highest BCUT2D eigenvalue weighted by Crippen LogP contribution is 2.14. The summed E-state index contributed by atoms with van der Waals surface area (Å²) in [5.74, 6) is -3.32. The Bertz CT molecular complexity index is 289. The number of hydrogen-bond donors (Lipinski definition) is 1. The zero-order chi connectivity index (χ0) is 11.5. The van der Waals surface area contributed by atoms with E-state index in [4.69, 9.17) is 0 Å².